The molecule has 2 heteroatoms. The van der Waals surface area contributed by atoms with Crippen LogP contribution < -0.4 is 0 Å². The number of hydrogen-bond acceptors (Lipinski definition) is 2. The number of carbonyl (C=O) groups is 1. The van der Waals surface area contributed by atoms with Gasteiger partial charge in [-0.2, -0.15) is 0 Å². The monoisotopic (exact) mass is 218 g/mol. The standard InChI is InChI=1S/C14H18O2/c1-10(2)13(11(3)14(15)16-4)12-8-6-5-7-9-12/h5-10H,1-4H3/b13-11-. The van der Waals surface area contributed by atoms with Crippen molar-refractivity contribution in [1.82, 2.24) is 0 Å². The van der Waals surface area contributed by atoms with Crippen LogP contribution in [0.15, 0.2) is 35.9 Å². The van der Waals surface area contributed by atoms with Gasteiger partial charge in [-0.15, -0.1) is 0 Å². The Hall–Kier alpha value is -1.57. The molecule has 0 aromatic heterocycles. The van der Waals surface area contributed by atoms with Gasteiger partial charge in [0.1, 0.15) is 0 Å². The zero-order chi connectivity index (χ0) is 12.1. The molecule has 0 aliphatic heterocycles. The van der Waals surface area contributed by atoms with Crippen LogP contribution >= 0.6 is 0 Å². The maximum atomic E-state index is 11.6. The summed E-state index contributed by atoms with van der Waals surface area (Å²) in [6.07, 6.45) is 0. The van der Waals surface area contributed by atoms with E-state index in [1.54, 1.807) is 0 Å². The molecule has 0 aliphatic rings. The van der Waals surface area contributed by atoms with E-state index in [2.05, 4.69) is 13.8 Å². The molecule has 0 spiro atoms. The lowest BCUT2D eigenvalue weighted by Gasteiger charge is -2.15. The summed E-state index contributed by atoms with van der Waals surface area (Å²) >= 11 is 0. The second kappa shape index (κ2) is 5.50. The molecule has 1 aromatic carbocycles. The second-order valence-electron chi connectivity index (χ2n) is 4.05. The Morgan fingerprint density at radius 3 is 2.19 bits per heavy atom. The van der Waals surface area contributed by atoms with Crippen LogP contribution in [0, 0.1) is 5.92 Å². The van der Waals surface area contributed by atoms with E-state index in [1.807, 2.05) is 37.3 Å². The summed E-state index contributed by atoms with van der Waals surface area (Å²) in [7, 11) is 1.41. The van der Waals surface area contributed by atoms with Crippen LogP contribution in [-0.2, 0) is 9.53 Å². The van der Waals surface area contributed by atoms with Gasteiger partial charge in [0.05, 0.1) is 7.11 Å². The van der Waals surface area contributed by atoms with E-state index in [1.165, 1.54) is 7.11 Å². The molecular formula is C14H18O2. The van der Waals surface area contributed by atoms with Crippen LogP contribution in [0.2, 0.25) is 0 Å². The van der Waals surface area contributed by atoms with E-state index in [4.69, 9.17) is 4.74 Å². The average Bonchev–Trinajstić information content (AvgIpc) is 2.29. The van der Waals surface area contributed by atoms with Gasteiger partial charge >= 0.3 is 5.97 Å². The summed E-state index contributed by atoms with van der Waals surface area (Å²) < 4.78 is 4.77. The minimum absolute atomic E-state index is 0.257. The molecule has 0 fully saturated rings. The zero-order valence-corrected chi connectivity index (χ0v) is 10.3. The number of allylic oxidation sites excluding steroid dienone is 1. The third-order valence-corrected chi connectivity index (χ3v) is 2.56. The number of rotatable bonds is 3. The summed E-state index contributed by atoms with van der Waals surface area (Å²) in [4.78, 5) is 11.6. The van der Waals surface area contributed by atoms with Crippen LogP contribution in [0.1, 0.15) is 26.3 Å². The predicted octanol–water partition coefficient (Wildman–Crippen LogP) is 3.29. The van der Waals surface area contributed by atoms with Gasteiger partial charge in [-0.3, -0.25) is 0 Å². The number of esters is 1. The molecule has 0 amide bonds. The van der Waals surface area contributed by atoms with Crippen molar-refractivity contribution in [3.8, 4) is 0 Å². The Balaban J connectivity index is 3.25. The molecule has 0 unspecified atom stereocenters. The first-order chi connectivity index (χ1) is 7.57. The van der Waals surface area contributed by atoms with Gasteiger partial charge in [-0.05, 0) is 24.0 Å². The highest BCUT2D eigenvalue weighted by Crippen LogP contribution is 2.26. The molecule has 0 radical (unpaired) electrons. The average molecular weight is 218 g/mol. The number of hydrogen-bond donors (Lipinski definition) is 0. The van der Waals surface area contributed by atoms with Gasteiger partial charge in [-0.1, -0.05) is 44.2 Å². The molecular weight excluding hydrogens is 200 g/mol. The molecule has 1 aromatic rings. The topological polar surface area (TPSA) is 26.3 Å². The summed E-state index contributed by atoms with van der Waals surface area (Å²) in [5, 5.41) is 0. The van der Waals surface area contributed by atoms with Crippen molar-refractivity contribution in [2.24, 2.45) is 5.92 Å². The van der Waals surface area contributed by atoms with Crippen LogP contribution in [0.25, 0.3) is 5.57 Å². The van der Waals surface area contributed by atoms with Crippen molar-refractivity contribution in [1.29, 1.82) is 0 Å². The maximum Gasteiger partial charge on any atom is 0.333 e. The second-order valence-corrected chi connectivity index (χ2v) is 4.05. The summed E-state index contributed by atoms with van der Waals surface area (Å²) in [5.41, 5.74) is 2.82. The van der Waals surface area contributed by atoms with Gasteiger partial charge in [0.2, 0.25) is 0 Å². The van der Waals surface area contributed by atoms with E-state index in [9.17, 15) is 4.79 Å². The first-order valence-electron chi connectivity index (χ1n) is 5.42. The number of benzene rings is 1. The Morgan fingerprint density at radius 2 is 1.75 bits per heavy atom. The van der Waals surface area contributed by atoms with Crippen molar-refractivity contribution in [2.75, 3.05) is 7.11 Å². The smallest absolute Gasteiger partial charge is 0.333 e. The van der Waals surface area contributed by atoms with Crippen LogP contribution in [0.5, 0.6) is 0 Å². The minimum Gasteiger partial charge on any atom is -0.466 e. The molecule has 86 valence electrons. The fourth-order valence-corrected chi connectivity index (χ4v) is 1.86. The van der Waals surface area contributed by atoms with E-state index >= 15 is 0 Å². The summed E-state index contributed by atoms with van der Waals surface area (Å²) in [5.74, 6) is 0.0362. The molecule has 0 atom stereocenters. The lowest BCUT2D eigenvalue weighted by Crippen LogP contribution is -2.07. The highest BCUT2D eigenvalue weighted by molar-refractivity contribution is 5.97. The van der Waals surface area contributed by atoms with Gasteiger partial charge in [0.25, 0.3) is 0 Å². The first-order valence-corrected chi connectivity index (χ1v) is 5.42. The fourth-order valence-electron chi connectivity index (χ4n) is 1.86. The van der Waals surface area contributed by atoms with Crippen LogP contribution in [0.4, 0.5) is 0 Å². The van der Waals surface area contributed by atoms with E-state index in [0.29, 0.717) is 11.5 Å². The van der Waals surface area contributed by atoms with E-state index in [-0.39, 0.29) is 5.97 Å². The molecule has 0 aliphatic carbocycles. The quantitative estimate of drug-likeness (QED) is 0.575. The Morgan fingerprint density at radius 1 is 1.19 bits per heavy atom. The maximum absolute atomic E-state index is 11.6. The van der Waals surface area contributed by atoms with E-state index < -0.39 is 0 Å². The zero-order valence-electron chi connectivity index (χ0n) is 10.3. The number of methoxy groups -OCH3 is 1. The lowest BCUT2D eigenvalue weighted by atomic mass is 9.91. The molecule has 0 N–H and O–H groups in total. The number of ether oxygens (including phenoxy) is 1. The number of carbonyl (C=O) groups excluding carboxylic acids is 1. The van der Waals surface area contributed by atoms with Crippen molar-refractivity contribution < 1.29 is 9.53 Å². The van der Waals surface area contributed by atoms with Crippen molar-refractivity contribution in [3.63, 3.8) is 0 Å². The van der Waals surface area contributed by atoms with Gasteiger partial charge in [-0.25, -0.2) is 4.79 Å². The molecule has 0 saturated carbocycles. The highest BCUT2D eigenvalue weighted by atomic mass is 16.5. The molecule has 0 bridgehead atoms. The van der Waals surface area contributed by atoms with Crippen molar-refractivity contribution in [2.45, 2.75) is 20.8 Å². The summed E-state index contributed by atoms with van der Waals surface area (Å²) in [6.45, 7) is 5.97. The molecule has 2 nitrogen and oxygen atoms in total. The summed E-state index contributed by atoms with van der Waals surface area (Å²) in [6, 6.07) is 9.95. The predicted molar refractivity (Wildman–Crippen MR) is 65.9 cm³/mol. The normalized spacial score (nSPS) is 12.3. The van der Waals surface area contributed by atoms with Crippen LogP contribution in [-0.4, -0.2) is 13.1 Å². The molecule has 16 heavy (non-hydrogen) atoms. The third-order valence-electron chi connectivity index (χ3n) is 2.56. The van der Waals surface area contributed by atoms with Gasteiger partial charge in [0.15, 0.2) is 0 Å². The molecule has 0 heterocycles. The SMILES string of the molecule is COC(=O)/C(C)=C(\c1ccccc1)C(C)C. The van der Waals surface area contributed by atoms with Crippen molar-refractivity contribution in [3.05, 3.63) is 41.5 Å². The Kier molecular flexibility index (Phi) is 4.29. The Bertz CT molecular complexity index is 388. The fraction of sp³-hybridized carbons (Fsp3) is 0.357. The van der Waals surface area contributed by atoms with Crippen LogP contribution in [0.3, 0.4) is 0 Å². The van der Waals surface area contributed by atoms with Crippen molar-refractivity contribution >= 4 is 11.5 Å². The largest absolute Gasteiger partial charge is 0.466 e. The minimum atomic E-state index is -0.257. The third kappa shape index (κ3) is 2.72. The highest BCUT2D eigenvalue weighted by Gasteiger charge is 2.15. The molecule has 0 saturated heterocycles. The molecule has 1 rings (SSSR count). The van der Waals surface area contributed by atoms with Gasteiger partial charge < -0.3 is 4.74 Å². The first kappa shape index (κ1) is 12.5. The van der Waals surface area contributed by atoms with E-state index in [0.717, 1.165) is 11.1 Å². The van der Waals surface area contributed by atoms with Gasteiger partial charge in [0, 0.05) is 5.57 Å². The Labute approximate surface area is 96.9 Å². The lowest BCUT2D eigenvalue weighted by molar-refractivity contribution is -0.136.